The molecule has 12 nitrogen and oxygen atoms in total. The largest absolute Gasteiger partial charge is 0.494 e. The van der Waals surface area contributed by atoms with E-state index in [0.29, 0.717) is 78.4 Å². The van der Waals surface area contributed by atoms with Crippen molar-refractivity contribution >= 4 is 41.6 Å². The van der Waals surface area contributed by atoms with Crippen LogP contribution >= 0.6 is 0 Å². The quantitative estimate of drug-likeness (QED) is 0.0517. The lowest BCUT2D eigenvalue weighted by atomic mass is 10.1. The molecule has 14 heteroatoms. The Balaban J connectivity index is 1.20. The Morgan fingerprint density at radius 1 is 0.879 bits per heavy atom. The number of aromatic nitrogens is 4. The lowest BCUT2D eigenvalue weighted by molar-refractivity contribution is -0.384. The highest BCUT2D eigenvalue weighted by atomic mass is 28.4. The molecule has 2 aromatic heterocycles. The first-order chi connectivity index (χ1) is 28.0. The maximum Gasteiger partial charge on any atom is 0.294 e. The Labute approximate surface area is 339 Å². The van der Waals surface area contributed by atoms with E-state index in [1.807, 2.05) is 40.8 Å². The summed E-state index contributed by atoms with van der Waals surface area (Å²) in [5.74, 6) is 1.74. The number of pyridine rings is 1. The molecule has 0 amide bonds. The van der Waals surface area contributed by atoms with Crippen LogP contribution in [0.4, 0.5) is 27.3 Å². The smallest absolute Gasteiger partial charge is 0.294 e. The molecule has 0 atom stereocenters. The highest BCUT2D eigenvalue weighted by Crippen LogP contribution is 2.40. The lowest BCUT2D eigenvalue weighted by Gasteiger charge is -2.43. The maximum atomic E-state index is 14.1. The third-order valence-corrected chi connectivity index (χ3v) is 15.8. The van der Waals surface area contributed by atoms with Crippen LogP contribution in [0.15, 0.2) is 115 Å². The number of methoxy groups -OCH3 is 1. The van der Waals surface area contributed by atoms with Gasteiger partial charge in [0.2, 0.25) is 0 Å². The number of nitro benzene ring substituents is 1. The second-order valence-electron chi connectivity index (χ2n) is 15.5. The molecule has 1 N–H and O–H groups in total. The summed E-state index contributed by atoms with van der Waals surface area (Å²) in [5, 5.41) is 27.1. The summed E-state index contributed by atoms with van der Waals surface area (Å²) in [6, 6.07) is 34.2. The van der Waals surface area contributed by atoms with E-state index in [9.17, 15) is 14.5 Å². The zero-order valence-corrected chi connectivity index (χ0v) is 34.6. The third kappa shape index (κ3) is 8.35. The van der Waals surface area contributed by atoms with Gasteiger partial charge in [0.1, 0.15) is 28.9 Å². The zero-order valence-electron chi connectivity index (χ0n) is 33.6. The first kappa shape index (κ1) is 40.2. The van der Waals surface area contributed by atoms with Crippen LogP contribution in [0.5, 0.6) is 5.75 Å². The van der Waals surface area contributed by atoms with E-state index in [-0.39, 0.29) is 21.5 Å². The standard InChI is InChI=1S/C44H49FN8O4Si/c1-44(2,3)58(35-13-8-6-9-14-35,36-15-10-7-11-16-36)57-28-12-17-42-48-49-43(32-18-20-33(45)21-19-32)52(42)34-22-23-46-41(29-34)47-37-30-39(53(54)55)38(31-40(37)56-5)51-26-24-50(4)25-27-51/h6-11,13-16,18-23,29-31H,12,17,24-28H2,1-5H3,(H,46,47). The van der Waals surface area contributed by atoms with E-state index < -0.39 is 8.32 Å². The van der Waals surface area contributed by atoms with Crippen molar-refractivity contribution in [2.24, 2.45) is 0 Å². The third-order valence-electron chi connectivity index (χ3n) is 10.7. The Morgan fingerprint density at radius 2 is 1.53 bits per heavy atom. The molecule has 3 heterocycles. The average molecular weight is 801 g/mol. The summed E-state index contributed by atoms with van der Waals surface area (Å²) < 4.78 is 29.0. The van der Waals surface area contributed by atoms with Gasteiger partial charge in [0.05, 0.1) is 23.4 Å². The predicted octanol–water partition coefficient (Wildman–Crippen LogP) is 7.39. The molecule has 0 saturated carbocycles. The number of aryl methyl sites for hydroxylation is 1. The summed E-state index contributed by atoms with van der Waals surface area (Å²) in [6.07, 6.45) is 2.84. The zero-order chi connectivity index (χ0) is 40.9. The van der Waals surface area contributed by atoms with E-state index in [4.69, 9.17) is 9.16 Å². The van der Waals surface area contributed by atoms with E-state index in [0.717, 1.165) is 13.1 Å². The molecule has 300 valence electrons. The van der Waals surface area contributed by atoms with Crippen LogP contribution in [0.2, 0.25) is 5.04 Å². The number of hydrogen-bond acceptors (Lipinski definition) is 10. The van der Waals surface area contributed by atoms with Crippen molar-refractivity contribution in [3.8, 4) is 22.8 Å². The molecule has 4 aromatic carbocycles. The molecule has 1 aliphatic heterocycles. The minimum absolute atomic E-state index is 0.0241. The number of rotatable bonds is 14. The average Bonchev–Trinajstić information content (AvgIpc) is 3.65. The highest BCUT2D eigenvalue weighted by Gasteiger charge is 2.50. The van der Waals surface area contributed by atoms with Crippen LogP contribution in [0.1, 0.15) is 33.0 Å². The fourth-order valence-electron chi connectivity index (χ4n) is 7.79. The second-order valence-corrected chi connectivity index (χ2v) is 19.8. The van der Waals surface area contributed by atoms with E-state index in [1.165, 1.54) is 28.6 Å². The van der Waals surface area contributed by atoms with Gasteiger partial charge in [0.15, 0.2) is 5.82 Å². The summed E-state index contributed by atoms with van der Waals surface area (Å²) >= 11 is 0. The van der Waals surface area contributed by atoms with E-state index in [2.05, 4.69) is 94.7 Å². The Morgan fingerprint density at radius 3 is 2.14 bits per heavy atom. The second kappa shape index (κ2) is 17.3. The molecule has 0 aliphatic carbocycles. The number of ether oxygens (including phenoxy) is 1. The number of piperazine rings is 1. The molecule has 58 heavy (non-hydrogen) atoms. The number of nitrogens with one attached hydrogen (secondary N) is 1. The summed E-state index contributed by atoms with van der Waals surface area (Å²) in [6.45, 7) is 10.2. The minimum Gasteiger partial charge on any atom is -0.494 e. The van der Waals surface area contributed by atoms with Crippen molar-refractivity contribution in [2.75, 3.05) is 57.2 Å². The monoisotopic (exact) mass is 800 g/mol. The molecule has 1 aliphatic rings. The van der Waals surface area contributed by atoms with Crippen LogP contribution in [0.25, 0.3) is 17.1 Å². The highest BCUT2D eigenvalue weighted by molar-refractivity contribution is 6.99. The maximum absolute atomic E-state index is 14.1. The number of nitro groups is 1. The van der Waals surface area contributed by atoms with Crippen LogP contribution in [0.3, 0.4) is 0 Å². The SMILES string of the molecule is COc1cc(N2CCN(C)CC2)c([N+](=O)[O-])cc1Nc1cc(-n2c(CCCO[Si](c3ccccc3)(c3ccccc3)C(C)(C)C)nnc2-c2ccc(F)cc2)ccn1. The Kier molecular flexibility index (Phi) is 12.0. The Bertz CT molecular complexity index is 2290. The number of halogens is 1. The van der Waals surface area contributed by atoms with Crippen molar-refractivity contribution in [3.63, 3.8) is 0 Å². The predicted molar refractivity (Wildman–Crippen MR) is 229 cm³/mol. The molecule has 1 fully saturated rings. The molecular formula is C44H49FN8O4Si. The van der Waals surface area contributed by atoms with E-state index >= 15 is 0 Å². The van der Waals surface area contributed by atoms with Crippen LogP contribution in [0, 0.1) is 15.9 Å². The van der Waals surface area contributed by atoms with Crippen molar-refractivity contribution in [2.45, 2.75) is 38.7 Å². The van der Waals surface area contributed by atoms with E-state index in [1.54, 1.807) is 31.5 Å². The normalized spacial score (nSPS) is 13.7. The summed E-state index contributed by atoms with van der Waals surface area (Å²) in [5.41, 5.74) is 2.28. The van der Waals surface area contributed by atoms with Gasteiger partial charge in [-0.15, -0.1) is 10.2 Å². The van der Waals surface area contributed by atoms with Crippen LogP contribution in [-0.2, 0) is 10.8 Å². The van der Waals surface area contributed by atoms with Gasteiger partial charge in [-0.25, -0.2) is 9.37 Å². The molecule has 6 aromatic rings. The molecule has 0 spiro atoms. The van der Waals surface area contributed by atoms with Crippen molar-refractivity contribution in [1.82, 2.24) is 24.6 Å². The van der Waals surface area contributed by atoms with Gasteiger partial charge in [-0.1, -0.05) is 81.4 Å². The number of anilines is 3. The van der Waals surface area contributed by atoms with Gasteiger partial charge in [-0.2, -0.15) is 0 Å². The van der Waals surface area contributed by atoms with Crippen LogP contribution in [-0.4, -0.2) is 84.8 Å². The number of nitrogens with zero attached hydrogens (tertiary/aromatic N) is 7. The molecule has 0 radical (unpaired) electrons. The fraction of sp³-hybridized carbons (Fsp3) is 0.295. The molecular weight excluding hydrogens is 752 g/mol. The van der Waals surface area contributed by atoms with Gasteiger partial charge >= 0.3 is 0 Å². The summed E-state index contributed by atoms with van der Waals surface area (Å²) in [4.78, 5) is 20.8. The van der Waals surface area contributed by atoms with Gasteiger partial charge in [0.25, 0.3) is 14.0 Å². The first-order valence-electron chi connectivity index (χ1n) is 19.5. The first-order valence-corrected chi connectivity index (χ1v) is 21.4. The van der Waals surface area contributed by atoms with Crippen molar-refractivity contribution < 1.29 is 18.5 Å². The molecule has 0 unspecified atom stereocenters. The minimum atomic E-state index is -2.75. The van der Waals surface area contributed by atoms with Crippen molar-refractivity contribution in [1.29, 1.82) is 0 Å². The number of benzene rings is 4. The fourth-order valence-corrected chi connectivity index (χ4v) is 12.4. The van der Waals surface area contributed by atoms with Gasteiger partial charge in [-0.3, -0.25) is 14.7 Å². The number of hydrogen-bond donors (Lipinski definition) is 1. The summed E-state index contributed by atoms with van der Waals surface area (Å²) in [7, 11) is 0.831. The topological polar surface area (TPSA) is 124 Å². The molecule has 0 bridgehead atoms. The van der Waals surface area contributed by atoms with Crippen LogP contribution < -0.4 is 25.3 Å². The number of likely N-dealkylation sites (N-methyl/N-ethyl adjacent to an activating group) is 1. The van der Waals surface area contributed by atoms with Gasteiger partial charge in [0, 0.05) is 69.2 Å². The van der Waals surface area contributed by atoms with Gasteiger partial charge in [-0.05, 0) is 59.2 Å². The van der Waals surface area contributed by atoms with Crippen molar-refractivity contribution in [3.05, 3.63) is 137 Å². The van der Waals surface area contributed by atoms with Gasteiger partial charge < -0.3 is 24.3 Å². The molecule has 7 rings (SSSR count). The molecule has 1 saturated heterocycles. The Hall–Kier alpha value is -5.96. The lowest BCUT2D eigenvalue weighted by Crippen LogP contribution is -2.66.